The fraction of sp³-hybridized carbons (Fsp3) is 0.0909. The van der Waals surface area contributed by atoms with Gasteiger partial charge in [-0.2, -0.15) is 5.10 Å². The summed E-state index contributed by atoms with van der Waals surface area (Å²) >= 11 is 7.24. The van der Waals surface area contributed by atoms with Crippen molar-refractivity contribution in [3.63, 3.8) is 0 Å². The van der Waals surface area contributed by atoms with Gasteiger partial charge in [0.05, 0.1) is 5.69 Å². The van der Waals surface area contributed by atoms with E-state index in [0.29, 0.717) is 10.9 Å². The molecule has 18 heavy (non-hydrogen) atoms. The van der Waals surface area contributed by atoms with Gasteiger partial charge in [-0.15, -0.1) is 15.3 Å². The quantitative estimate of drug-likeness (QED) is 0.689. The van der Waals surface area contributed by atoms with Crippen molar-refractivity contribution in [2.45, 2.75) is 10.9 Å². The Balaban J connectivity index is 1.79. The molecule has 3 heterocycles. The third-order valence-electron chi connectivity index (χ3n) is 2.32. The Morgan fingerprint density at radius 1 is 1.06 bits per heavy atom. The van der Waals surface area contributed by atoms with Crippen LogP contribution in [0.1, 0.15) is 5.69 Å². The standard InChI is InChI=1S/C11H8ClN5S/c12-9-5-4-8(13-14-9)7-18-11-16-15-10-3-1-2-6-17(10)11/h1-6H,7H2. The second-order valence-corrected chi connectivity index (χ2v) is 4.88. The summed E-state index contributed by atoms with van der Waals surface area (Å²) in [5, 5.41) is 17.2. The average Bonchev–Trinajstić information content (AvgIpc) is 2.82. The molecule has 0 N–H and O–H groups in total. The van der Waals surface area contributed by atoms with E-state index < -0.39 is 0 Å². The summed E-state index contributed by atoms with van der Waals surface area (Å²) in [5.41, 5.74) is 1.69. The van der Waals surface area contributed by atoms with E-state index in [4.69, 9.17) is 11.6 Å². The number of hydrogen-bond donors (Lipinski definition) is 0. The number of halogens is 1. The molecule has 90 valence electrons. The summed E-state index contributed by atoms with van der Waals surface area (Å²) in [7, 11) is 0. The number of hydrogen-bond acceptors (Lipinski definition) is 5. The topological polar surface area (TPSA) is 56.0 Å². The Bertz CT molecular complexity index is 667. The lowest BCUT2D eigenvalue weighted by atomic mass is 10.4. The van der Waals surface area contributed by atoms with Crippen LogP contribution < -0.4 is 0 Å². The molecule has 7 heteroatoms. The Morgan fingerprint density at radius 2 is 2.00 bits per heavy atom. The number of aromatic nitrogens is 5. The largest absolute Gasteiger partial charge is 0.277 e. The minimum absolute atomic E-state index is 0.400. The molecular formula is C11H8ClN5S. The van der Waals surface area contributed by atoms with Crippen molar-refractivity contribution in [3.8, 4) is 0 Å². The molecule has 0 saturated carbocycles. The van der Waals surface area contributed by atoms with Crippen molar-refractivity contribution in [2.75, 3.05) is 0 Å². The summed E-state index contributed by atoms with van der Waals surface area (Å²) in [6.07, 6.45) is 1.94. The molecule has 0 fully saturated rings. The zero-order chi connectivity index (χ0) is 12.4. The van der Waals surface area contributed by atoms with E-state index in [-0.39, 0.29) is 0 Å². The van der Waals surface area contributed by atoms with E-state index in [1.165, 1.54) is 0 Å². The molecule has 5 nitrogen and oxygen atoms in total. The van der Waals surface area contributed by atoms with Crippen molar-refractivity contribution in [1.82, 2.24) is 24.8 Å². The summed E-state index contributed by atoms with van der Waals surface area (Å²) in [4.78, 5) is 0. The highest BCUT2D eigenvalue weighted by Gasteiger charge is 2.06. The summed E-state index contributed by atoms with van der Waals surface area (Å²) < 4.78 is 1.94. The minimum Gasteiger partial charge on any atom is -0.277 e. The molecule has 0 saturated heterocycles. The molecule has 0 amide bonds. The van der Waals surface area contributed by atoms with Crippen molar-refractivity contribution in [1.29, 1.82) is 0 Å². The first kappa shape index (κ1) is 11.4. The molecule has 3 aromatic rings. The second-order valence-electron chi connectivity index (χ2n) is 3.55. The molecule has 0 aliphatic carbocycles. The first-order chi connectivity index (χ1) is 8.83. The van der Waals surface area contributed by atoms with Gasteiger partial charge in [0.15, 0.2) is 16.0 Å². The van der Waals surface area contributed by atoms with Crippen molar-refractivity contribution in [2.24, 2.45) is 0 Å². The molecule has 0 aliphatic heterocycles. The van der Waals surface area contributed by atoms with Crippen LogP contribution >= 0.6 is 23.4 Å². The van der Waals surface area contributed by atoms with Crippen molar-refractivity contribution < 1.29 is 0 Å². The molecule has 0 bridgehead atoms. The maximum atomic E-state index is 5.68. The third kappa shape index (κ3) is 2.30. The summed E-state index contributed by atoms with van der Waals surface area (Å²) in [6.45, 7) is 0. The van der Waals surface area contributed by atoms with E-state index >= 15 is 0 Å². The van der Waals surface area contributed by atoms with E-state index in [9.17, 15) is 0 Å². The Morgan fingerprint density at radius 3 is 2.83 bits per heavy atom. The molecule has 0 atom stereocenters. The van der Waals surface area contributed by atoms with Crippen LogP contribution in [0.2, 0.25) is 5.15 Å². The van der Waals surface area contributed by atoms with Gasteiger partial charge >= 0.3 is 0 Å². The molecule has 3 aromatic heterocycles. The van der Waals surface area contributed by atoms with Crippen LogP contribution in [-0.4, -0.2) is 24.8 Å². The lowest BCUT2D eigenvalue weighted by molar-refractivity contribution is 0.915. The van der Waals surface area contributed by atoms with Gasteiger partial charge in [-0.05, 0) is 24.3 Å². The zero-order valence-corrected chi connectivity index (χ0v) is 10.8. The number of nitrogens with zero attached hydrogens (tertiary/aromatic N) is 5. The fourth-order valence-corrected chi connectivity index (χ4v) is 2.40. The number of fused-ring (bicyclic) bond motifs is 1. The highest BCUT2D eigenvalue weighted by molar-refractivity contribution is 7.98. The van der Waals surface area contributed by atoms with Crippen LogP contribution in [0.25, 0.3) is 5.65 Å². The molecule has 0 aliphatic rings. The maximum absolute atomic E-state index is 5.68. The van der Waals surface area contributed by atoms with E-state index in [0.717, 1.165) is 16.5 Å². The van der Waals surface area contributed by atoms with Crippen LogP contribution in [0.3, 0.4) is 0 Å². The SMILES string of the molecule is Clc1ccc(CSc2nnc3ccccn23)nn1. The number of pyridine rings is 1. The minimum atomic E-state index is 0.400. The highest BCUT2D eigenvalue weighted by Crippen LogP contribution is 2.20. The van der Waals surface area contributed by atoms with E-state index in [1.54, 1.807) is 17.8 Å². The fourth-order valence-electron chi connectivity index (χ4n) is 1.48. The molecular weight excluding hydrogens is 270 g/mol. The average molecular weight is 278 g/mol. The van der Waals surface area contributed by atoms with Crippen LogP contribution in [-0.2, 0) is 5.75 Å². The van der Waals surface area contributed by atoms with Gasteiger partial charge in [-0.1, -0.05) is 29.4 Å². The van der Waals surface area contributed by atoms with Gasteiger partial charge in [0.2, 0.25) is 0 Å². The van der Waals surface area contributed by atoms with E-state index in [1.807, 2.05) is 34.9 Å². The van der Waals surface area contributed by atoms with Crippen LogP contribution in [0.5, 0.6) is 0 Å². The molecule has 0 spiro atoms. The molecule has 0 radical (unpaired) electrons. The van der Waals surface area contributed by atoms with Gasteiger partial charge in [-0.3, -0.25) is 4.40 Å². The highest BCUT2D eigenvalue weighted by atomic mass is 35.5. The number of rotatable bonds is 3. The van der Waals surface area contributed by atoms with Gasteiger partial charge in [0.25, 0.3) is 0 Å². The maximum Gasteiger partial charge on any atom is 0.195 e. The van der Waals surface area contributed by atoms with Gasteiger partial charge in [-0.25, -0.2) is 0 Å². The normalized spacial score (nSPS) is 10.9. The van der Waals surface area contributed by atoms with Crippen molar-refractivity contribution >= 4 is 29.0 Å². The number of thioether (sulfide) groups is 1. The van der Waals surface area contributed by atoms with Gasteiger partial charge in [0.1, 0.15) is 0 Å². The Hall–Kier alpha value is -1.66. The molecule has 0 unspecified atom stereocenters. The third-order valence-corrected chi connectivity index (χ3v) is 3.50. The van der Waals surface area contributed by atoms with Crippen molar-refractivity contribution in [3.05, 3.63) is 47.4 Å². The smallest absolute Gasteiger partial charge is 0.195 e. The molecule has 3 rings (SSSR count). The van der Waals surface area contributed by atoms with E-state index in [2.05, 4.69) is 20.4 Å². The lowest BCUT2D eigenvalue weighted by Gasteiger charge is -1.99. The Labute approximate surface area is 112 Å². The van der Waals surface area contributed by atoms with Crippen LogP contribution in [0, 0.1) is 0 Å². The van der Waals surface area contributed by atoms with Crippen LogP contribution in [0.15, 0.2) is 41.7 Å². The Kier molecular flexibility index (Phi) is 3.12. The monoisotopic (exact) mass is 277 g/mol. The summed E-state index contributed by atoms with van der Waals surface area (Å²) in [5.74, 6) is 0.680. The van der Waals surface area contributed by atoms with Gasteiger partial charge in [0, 0.05) is 11.9 Å². The molecule has 0 aromatic carbocycles. The predicted molar refractivity (Wildman–Crippen MR) is 69.6 cm³/mol. The lowest BCUT2D eigenvalue weighted by Crippen LogP contribution is -1.92. The first-order valence-electron chi connectivity index (χ1n) is 5.23. The predicted octanol–water partition coefficient (Wildman–Crippen LogP) is 2.46. The zero-order valence-electron chi connectivity index (χ0n) is 9.19. The van der Waals surface area contributed by atoms with Gasteiger partial charge < -0.3 is 0 Å². The first-order valence-corrected chi connectivity index (χ1v) is 6.60. The summed E-state index contributed by atoms with van der Waals surface area (Å²) in [6, 6.07) is 9.38. The second kappa shape index (κ2) is 4.91. The van der Waals surface area contributed by atoms with Crippen LogP contribution in [0.4, 0.5) is 0 Å².